The van der Waals surface area contributed by atoms with Gasteiger partial charge in [-0.15, -0.1) is 0 Å². The highest BCUT2D eigenvalue weighted by molar-refractivity contribution is 7.98. The summed E-state index contributed by atoms with van der Waals surface area (Å²) in [4.78, 5) is 4.15. The van der Waals surface area contributed by atoms with Gasteiger partial charge in [-0.25, -0.2) is 0 Å². The van der Waals surface area contributed by atoms with Gasteiger partial charge in [0.05, 0.1) is 0 Å². The summed E-state index contributed by atoms with van der Waals surface area (Å²) in [5.74, 6) is 1.07. The molecule has 0 aliphatic carbocycles. The van der Waals surface area contributed by atoms with E-state index in [0.29, 0.717) is 0 Å². The van der Waals surface area contributed by atoms with Crippen LogP contribution in [0.2, 0.25) is 0 Å². The van der Waals surface area contributed by atoms with Crippen molar-refractivity contribution < 1.29 is 0 Å². The highest BCUT2D eigenvalue weighted by Crippen LogP contribution is 2.12. The lowest BCUT2D eigenvalue weighted by molar-refractivity contribution is 1.15. The van der Waals surface area contributed by atoms with Crippen LogP contribution in [-0.2, 0) is 0 Å². The minimum absolute atomic E-state index is 0.973. The molecule has 0 aliphatic heterocycles. The molecule has 0 N–H and O–H groups in total. The van der Waals surface area contributed by atoms with Gasteiger partial charge < -0.3 is 0 Å². The molecule has 0 unspecified atom stereocenters. The van der Waals surface area contributed by atoms with Gasteiger partial charge in [0.1, 0.15) is 0 Å². The predicted octanol–water partition coefficient (Wildman–Crippen LogP) is 4.84. The molecular formula is C16H25NS. The Bertz CT molecular complexity index is 371. The number of hydrogen-bond acceptors (Lipinski definition) is 2. The van der Waals surface area contributed by atoms with E-state index >= 15 is 0 Å². The fourth-order valence-electron chi connectivity index (χ4n) is 1.53. The normalized spacial score (nSPS) is 15.1. The first-order valence-corrected chi connectivity index (χ1v) is 7.61. The van der Waals surface area contributed by atoms with Crippen LogP contribution in [0, 0.1) is 0 Å². The molecule has 2 heteroatoms. The predicted molar refractivity (Wildman–Crippen MR) is 87.8 cm³/mol. The second-order valence-corrected chi connectivity index (χ2v) is 5.07. The van der Waals surface area contributed by atoms with Gasteiger partial charge in [0.15, 0.2) is 0 Å². The Kier molecular flexibility index (Phi) is 10.5. The van der Waals surface area contributed by atoms with E-state index in [1.807, 2.05) is 25.7 Å². The Balaban J connectivity index is 4.68. The van der Waals surface area contributed by atoms with Crippen molar-refractivity contribution in [3.63, 3.8) is 0 Å². The van der Waals surface area contributed by atoms with Crippen molar-refractivity contribution in [2.75, 3.05) is 19.1 Å². The van der Waals surface area contributed by atoms with E-state index in [4.69, 9.17) is 0 Å². The minimum Gasteiger partial charge on any atom is -0.293 e. The van der Waals surface area contributed by atoms with Crippen LogP contribution in [0.25, 0.3) is 0 Å². The summed E-state index contributed by atoms with van der Waals surface area (Å²) in [6.07, 6.45) is 16.0. The van der Waals surface area contributed by atoms with Crippen molar-refractivity contribution in [2.24, 2.45) is 4.99 Å². The molecular weight excluding hydrogens is 238 g/mol. The average Bonchev–Trinajstić information content (AvgIpc) is 2.34. The zero-order chi connectivity index (χ0) is 13.8. The van der Waals surface area contributed by atoms with Crippen LogP contribution >= 0.6 is 11.8 Å². The van der Waals surface area contributed by atoms with Crippen molar-refractivity contribution in [1.29, 1.82) is 0 Å². The molecule has 0 bridgehead atoms. The fourth-order valence-corrected chi connectivity index (χ4v) is 1.83. The molecule has 0 amide bonds. The topological polar surface area (TPSA) is 12.4 Å². The summed E-state index contributed by atoms with van der Waals surface area (Å²) in [5, 5.41) is 0. The van der Waals surface area contributed by atoms with Crippen LogP contribution in [-0.4, -0.2) is 24.8 Å². The van der Waals surface area contributed by atoms with Crippen LogP contribution in [0.5, 0.6) is 0 Å². The third-order valence-corrected chi connectivity index (χ3v) is 2.91. The first-order chi connectivity index (χ1) is 8.63. The highest BCUT2D eigenvalue weighted by Gasteiger charge is 1.95. The van der Waals surface area contributed by atoms with E-state index < -0.39 is 0 Å². The summed E-state index contributed by atoms with van der Waals surface area (Å²) < 4.78 is 0. The van der Waals surface area contributed by atoms with Gasteiger partial charge in [0, 0.05) is 18.5 Å². The fraction of sp³-hybridized carbons (Fsp3) is 0.438. The number of allylic oxidation sites excluding steroid dienone is 7. The van der Waals surface area contributed by atoms with E-state index in [2.05, 4.69) is 61.6 Å². The molecule has 0 aromatic heterocycles. The molecule has 0 atom stereocenters. The van der Waals surface area contributed by atoms with E-state index in [-0.39, 0.29) is 0 Å². The lowest BCUT2D eigenvalue weighted by Gasteiger charge is -2.02. The molecule has 0 rings (SSSR count). The van der Waals surface area contributed by atoms with Crippen molar-refractivity contribution in [2.45, 2.75) is 27.2 Å². The second-order valence-electron chi connectivity index (χ2n) is 4.16. The zero-order valence-corrected chi connectivity index (χ0v) is 13.1. The molecule has 18 heavy (non-hydrogen) atoms. The summed E-state index contributed by atoms with van der Waals surface area (Å²) in [6.45, 7) is 6.23. The molecule has 0 aromatic rings. The Morgan fingerprint density at radius 2 is 2.00 bits per heavy atom. The van der Waals surface area contributed by atoms with Gasteiger partial charge in [-0.3, -0.25) is 4.99 Å². The SMILES string of the molecule is C\C=C/C(=C\C=C\CSC)C/C(C)=C/C(C)=NC. The molecule has 0 aliphatic rings. The van der Waals surface area contributed by atoms with Crippen molar-refractivity contribution >= 4 is 17.5 Å². The number of thioether (sulfide) groups is 1. The quantitative estimate of drug-likeness (QED) is 0.473. The maximum absolute atomic E-state index is 4.15. The Morgan fingerprint density at radius 3 is 2.56 bits per heavy atom. The second kappa shape index (κ2) is 11.1. The molecule has 1 nitrogen and oxygen atoms in total. The zero-order valence-electron chi connectivity index (χ0n) is 12.2. The smallest absolute Gasteiger partial charge is 0.0313 e. The molecule has 0 spiro atoms. The molecule has 100 valence electrons. The number of hydrogen-bond donors (Lipinski definition) is 0. The number of rotatable bonds is 7. The molecule has 0 heterocycles. The standard InChI is InChI=1S/C16H25NS/c1-6-9-16(10-7-8-11-18-5)13-14(2)12-15(3)17-4/h6-10,12H,11,13H2,1-5H3/b8-7+,9-6-,14-12+,16-10+,17-15?. The van der Waals surface area contributed by atoms with Gasteiger partial charge in [0.2, 0.25) is 0 Å². The minimum atomic E-state index is 0.973. The molecule has 0 saturated carbocycles. The highest BCUT2D eigenvalue weighted by atomic mass is 32.2. The van der Waals surface area contributed by atoms with Crippen LogP contribution < -0.4 is 0 Å². The monoisotopic (exact) mass is 263 g/mol. The lowest BCUT2D eigenvalue weighted by atomic mass is 10.0. The van der Waals surface area contributed by atoms with Crippen molar-refractivity contribution in [3.8, 4) is 0 Å². The molecule has 0 fully saturated rings. The summed E-state index contributed by atoms with van der Waals surface area (Å²) >= 11 is 1.83. The number of aliphatic imine (C=N–C) groups is 1. The van der Waals surface area contributed by atoms with Gasteiger partial charge >= 0.3 is 0 Å². The summed E-state index contributed by atoms with van der Waals surface area (Å²) in [7, 11) is 1.83. The first-order valence-electron chi connectivity index (χ1n) is 6.22. The van der Waals surface area contributed by atoms with E-state index in [1.54, 1.807) is 0 Å². The van der Waals surface area contributed by atoms with Crippen LogP contribution in [0.4, 0.5) is 0 Å². The average molecular weight is 263 g/mol. The van der Waals surface area contributed by atoms with Crippen LogP contribution in [0.15, 0.2) is 52.6 Å². The third-order valence-electron chi connectivity index (χ3n) is 2.38. The maximum atomic E-state index is 4.15. The van der Waals surface area contributed by atoms with Gasteiger partial charge in [-0.05, 0) is 45.1 Å². The van der Waals surface area contributed by atoms with Crippen molar-refractivity contribution in [3.05, 3.63) is 47.6 Å². The Hall–Kier alpha value is -1.02. The van der Waals surface area contributed by atoms with Crippen LogP contribution in [0.1, 0.15) is 27.2 Å². The van der Waals surface area contributed by atoms with Crippen LogP contribution in [0.3, 0.4) is 0 Å². The van der Waals surface area contributed by atoms with Gasteiger partial charge in [-0.1, -0.05) is 36.0 Å². The number of nitrogens with zero attached hydrogens (tertiary/aromatic N) is 1. The van der Waals surface area contributed by atoms with E-state index in [0.717, 1.165) is 17.9 Å². The summed E-state index contributed by atoms with van der Waals surface area (Å²) in [5.41, 5.74) is 3.73. The maximum Gasteiger partial charge on any atom is 0.0313 e. The summed E-state index contributed by atoms with van der Waals surface area (Å²) in [6, 6.07) is 0. The van der Waals surface area contributed by atoms with Gasteiger partial charge in [-0.2, -0.15) is 11.8 Å². The lowest BCUT2D eigenvalue weighted by Crippen LogP contribution is -1.89. The third kappa shape index (κ3) is 9.06. The van der Waals surface area contributed by atoms with E-state index in [1.165, 1.54) is 11.1 Å². The van der Waals surface area contributed by atoms with Gasteiger partial charge in [0.25, 0.3) is 0 Å². The first kappa shape index (κ1) is 17.0. The molecule has 0 radical (unpaired) electrons. The Labute approximate surface area is 116 Å². The van der Waals surface area contributed by atoms with E-state index in [9.17, 15) is 0 Å². The Morgan fingerprint density at radius 1 is 1.28 bits per heavy atom. The molecule has 0 aromatic carbocycles. The molecule has 0 saturated heterocycles. The largest absolute Gasteiger partial charge is 0.293 e. The van der Waals surface area contributed by atoms with Crippen molar-refractivity contribution in [1.82, 2.24) is 0 Å².